The fourth-order valence-electron chi connectivity index (χ4n) is 1.72. The molecule has 2 amide bonds. The van der Waals surface area contributed by atoms with E-state index in [4.69, 9.17) is 28.3 Å². The summed E-state index contributed by atoms with van der Waals surface area (Å²) < 4.78 is 0. The summed E-state index contributed by atoms with van der Waals surface area (Å²) in [5.41, 5.74) is 1.12. The Morgan fingerprint density at radius 2 is 1.90 bits per heavy atom. The quantitative estimate of drug-likeness (QED) is 0.764. The highest BCUT2D eigenvalue weighted by molar-refractivity contribution is 6.36. The lowest BCUT2D eigenvalue weighted by Crippen LogP contribution is -2.46. The molecule has 0 aliphatic rings. The summed E-state index contributed by atoms with van der Waals surface area (Å²) in [5.74, 6) is -1.27. The average molecular weight is 333 g/mol. The average Bonchev–Trinajstić information content (AvgIpc) is 2.41. The zero-order valence-corrected chi connectivity index (χ0v) is 13.5. The lowest BCUT2D eigenvalue weighted by Gasteiger charge is -2.20. The number of hydrogen-bond acceptors (Lipinski definition) is 2. The van der Waals surface area contributed by atoms with Crippen molar-refractivity contribution in [3.05, 3.63) is 27.7 Å². The maximum atomic E-state index is 11.9. The highest BCUT2D eigenvalue weighted by atomic mass is 35.5. The van der Waals surface area contributed by atoms with E-state index in [1.807, 2.05) is 6.92 Å². The van der Waals surface area contributed by atoms with Crippen LogP contribution >= 0.6 is 23.2 Å². The Morgan fingerprint density at radius 1 is 1.29 bits per heavy atom. The largest absolute Gasteiger partial charge is 0.480 e. The van der Waals surface area contributed by atoms with Crippen LogP contribution < -0.4 is 10.6 Å². The number of halogens is 2. The highest BCUT2D eigenvalue weighted by Crippen LogP contribution is 2.28. The molecule has 1 aromatic carbocycles. The van der Waals surface area contributed by atoms with Crippen molar-refractivity contribution in [3.8, 4) is 0 Å². The molecule has 116 valence electrons. The van der Waals surface area contributed by atoms with Gasteiger partial charge in [-0.1, -0.05) is 43.5 Å². The van der Waals surface area contributed by atoms with Gasteiger partial charge in [-0.3, -0.25) is 0 Å². The number of urea groups is 1. The van der Waals surface area contributed by atoms with E-state index in [0.29, 0.717) is 22.2 Å². The van der Waals surface area contributed by atoms with Crippen LogP contribution in [0.5, 0.6) is 0 Å². The van der Waals surface area contributed by atoms with E-state index in [0.717, 1.165) is 5.56 Å². The fraction of sp³-hybridized carbons (Fsp3) is 0.429. The molecule has 2 unspecified atom stereocenters. The summed E-state index contributed by atoms with van der Waals surface area (Å²) in [7, 11) is 0. The molecule has 0 fully saturated rings. The van der Waals surface area contributed by atoms with Gasteiger partial charge < -0.3 is 15.7 Å². The highest BCUT2D eigenvalue weighted by Gasteiger charge is 2.25. The van der Waals surface area contributed by atoms with Crippen molar-refractivity contribution in [1.82, 2.24) is 5.32 Å². The number of anilines is 1. The van der Waals surface area contributed by atoms with Gasteiger partial charge in [0, 0.05) is 5.02 Å². The monoisotopic (exact) mass is 332 g/mol. The first-order valence-corrected chi connectivity index (χ1v) is 7.27. The third-order valence-corrected chi connectivity index (χ3v) is 3.98. The zero-order chi connectivity index (χ0) is 16.2. The molecule has 0 aromatic heterocycles. The molecule has 2 atom stereocenters. The summed E-state index contributed by atoms with van der Waals surface area (Å²) in [5, 5.41) is 14.9. The number of nitrogens with one attached hydrogen (secondary N) is 2. The number of rotatable bonds is 5. The minimum Gasteiger partial charge on any atom is -0.480 e. The molecule has 0 heterocycles. The number of carboxylic acids is 1. The molecule has 1 rings (SSSR count). The second kappa shape index (κ2) is 7.52. The van der Waals surface area contributed by atoms with Crippen molar-refractivity contribution in [2.75, 3.05) is 5.32 Å². The smallest absolute Gasteiger partial charge is 0.326 e. The van der Waals surface area contributed by atoms with Gasteiger partial charge in [-0.25, -0.2) is 9.59 Å². The second-order valence-corrected chi connectivity index (χ2v) is 5.70. The number of hydrogen-bond donors (Lipinski definition) is 3. The molecule has 0 bridgehead atoms. The van der Waals surface area contributed by atoms with Gasteiger partial charge in [0.1, 0.15) is 6.04 Å². The van der Waals surface area contributed by atoms with Crippen molar-refractivity contribution >= 4 is 40.9 Å². The second-order valence-electron chi connectivity index (χ2n) is 4.88. The molecule has 0 radical (unpaired) electrons. The van der Waals surface area contributed by atoms with Crippen molar-refractivity contribution in [3.63, 3.8) is 0 Å². The predicted octanol–water partition coefficient (Wildman–Crippen LogP) is 3.92. The number of aryl methyl sites for hydroxylation is 1. The SMILES string of the molecule is CCC(C)C(NC(=O)Nc1cc(Cl)c(C)cc1Cl)C(=O)O. The molecule has 0 saturated heterocycles. The Labute approximate surface area is 133 Å². The molecule has 0 aliphatic heterocycles. The topological polar surface area (TPSA) is 78.4 Å². The molecule has 0 aliphatic carbocycles. The van der Waals surface area contributed by atoms with Crippen molar-refractivity contribution < 1.29 is 14.7 Å². The number of amides is 2. The van der Waals surface area contributed by atoms with E-state index in [9.17, 15) is 9.59 Å². The Bertz CT molecular complexity index is 549. The van der Waals surface area contributed by atoms with Crippen molar-refractivity contribution in [2.24, 2.45) is 5.92 Å². The lowest BCUT2D eigenvalue weighted by atomic mass is 9.99. The summed E-state index contributed by atoms with van der Waals surface area (Å²) in [6.07, 6.45) is 0.633. The minimum atomic E-state index is -1.08. The maximum absolute atomic E-state index is 11.9. The van der Waals surface area contributed by atoms with E-state index in [-0.39, 0.29) is 5.92 Å². The van der Waals surface area contributed by atoms with Crippen LogP contribution in [0.2, 0.25) is 10.0 Å². The molecular weight excluding hydrogens is 315 g/mol. The number of carbonyl (C=O) groups excluding carboxylic acids is 1. The number of aliphatic carboxylic acids is 1. The van der Waals surface area contributed by atoms with Crippen LogP contribution in [0.25, 0.3) is 0 Å². The van der Waals surface area contributed by atoms with Crippen LogP contribution in [0.15, 0.2) is 12.1 Å². The first-order chi connectivity index (χ1) is 9.76. The third-order valence-electron chi connectivity index (χ3n) is 3.26. The van der Waals surface area contributed by atoms with Crippen LogP contribution in [0.3, 0.4) is 0 Å². The summed E-state index contributed by atoms with van der Waals surface area (Å²) in [6, 6.07) is 1.56. The minimum absolute atomic E-state index is 0.190. The van der Waals surface area contributed by atoms with E-state index in [1.54, 1.807) is 19.9 Å². The number of carboxylic acid groups (broad SMARTS) is 1. The first-order valence-electron chi connectivity index (χ1n) is 6.52. The Kier molecular flexibility index (Phi) is 6.30. The van der Waals surface area contributed by atoms with E-state index in [2.05, 4.69) is 10.6 Å². The van der Waals surface area contributed by atoms with Crippen molar-refractivity contribution in [2.45, 2.75) is 33.2 Å². The Morgan fingerprint density at radius 3 is 2.43 bits per heavy atom. The van der Waals surface area contributed by atoms with E-state index < -0.39 is 18.0 Å². The van der Waals surface area contributed by atoms with Crippen LogP contribution in [-0.2, 0) is 4.79 Å². The Hall–Kier alpha value is -1.46. The van der Waals surface area contributed by atoms with Gasteiger partial charge in [-0.05, 0) is 30.5 Å². The number of benzene rings is 1. The molecule has 0 spiro atoms. The van der Waals surface area contributed by atoms with Gasteiger partial charge in [0.05, 0.1) is 10.7 Å². The zero-order valence-electron chi connectivity index (χ0n) is 12.0. The molecule has 7 heteroatoms. The van der Waals surface area contributed by atoms with Gasteiger partial charge in [0.2, 0.25) is 0 Å². The molecule has 3 N–H and O–H groups in total. The van der Waals surface area contributed by atoms with Crippen molar-refractivity contribution in [1.29, 1.82) is 0 Å². The summed E-state index contributed by atoms with van der Waals surface area (Å²) in [6.45, 7) is 5.41. The molecule has 5 nitrogen and oxygen atoms in total. The van der Waals surface area contributed by atoms with Crippen LogP contribution in [0.1, 0.15) is 25.8 Å². The van der Waals surface area contributed by atoms with Crippen LogP contribution in [0, 0.1) is 12.8 Å². The van der Waals surface area contributed by atoms with Gasteiger partial charge in [-0.2, -0.15) is 0 Å². The lowest BCUT2D eigenvalue weighted by molar-refractivity contribution is -0.140. The summed E-state index contributed by atoms with van der Waals surface area (Å²) >= 11 is 12.0. The summed E-state index contributed by atoms with van der Waals surface area (Å²) in [4.78, 5) is 23.1. The predicted molar refractivity (Wildman–Crippen MR) is 84.2 cm³/mol. The molecule has 21 heavy (non-hydrogen) atoms. The molecule has 0 saturated carbocycles. The van der Waals surface area contributed by atoms with Gasteiger partial charge in [0.15, 0.2) is 0 Å². The van der Waals surface area contributed by atoms with E-state index in [1.165, 1.54) is 6.07 Å². The standard InChI is InChI=1S/C14H18Cl2N2O3/c1-4-7(2)12(13(19)20)18-14(21)17-11-6-9(15)8(3)5-10(11)16/h5-7,12H,4H2,1-3H3,(H,19,20)(H2,17,18,21). The first kappa shape index (κ1) is 17.6. The third kappa shape index (κ3) is 4.79. The molecule has 1 aromatic rings. The van der Waals surface area contributed by atoms with Gasteiger partial charge >= 0.3 is 12.0 Å². The molecular formula is C14H18Cl2N2O3. The van der Waals surface area contributed by atoms with Crippen LogP contribution in [0.4, 0.5) is 10.5 Å². The fourth-order valence-corrected chi connectivity index (χ4v) is 2.15. The maximum Gasteiger partial charge on any atom is 0.326 e. The van der Waals surface area contributed by atoms with Crippen LogP contribution in [-0.4, -0.2) is 23.1 Å². The van der Waals surface area contributed by atoms with E-state index >= 15 is 0 Å². The number of carbonyl (C=O) groups is 2. The normalized spacial score (nSPS) is 13.4. The Balaban J connectivity index is 2.81. The van der Waals surface area contributed by atoms with Gasteiger partial charge in [-0.15, -0.1) is 0 Å². The van der Waals surface area contributed by atoms with Gasteiger partial charge in [0.25, 0.3) is 0 Å².